The second kappa shape index (κ2) is 8.76. The molecule has 0 saturated heterocycles. The molecule has 0 saturated carbocycles. The van der Waals surface area contributed by atoms with Gasteiger partial charge in [-0.3, -0.25) is 4.79 Å². The molecule has 0 radical (unpaired) electrons. The minimum absolute atomic E-state index is 0.00109. The average Bonchev–Trinajstić information content (AvgIpc) is 2.58. The maximum Gasteiger partial charge on any atom is 0.267 e. The summed E-state index contributed by atoms with van der Waals surface area (Å²) in [6.45, 7) is 2.68. The van der Waals surface area contributed by atoms with Crippen molar-refractivity contribution in [2.45, 2.75) is 13.3 Å². The summed E-state index contributed by atoms with van der Waals surface area (Å²) >= 11 is 5.99. The van der Waals surface area contributed by atoms with Gasteiger partial charge in [0.05, 0.1) is 10.7 Å². The Bertz CT molecular complexity index is 776. The SMILES string of the molecule is Cc1ccc(CCN/C=C(/C#N)C(=O)Nc2ccccc2Cl)cc1. The van der Waals surface area contributed by atoms with Crippen LogP contribution >= 0.6 is 11.6 Å². The molecule has 0 aromatic heterocycles. The van der Waals surface area contributed by atoms with Crippen molar-refractivity contribution in [3.8, 4) is 6.07 Å². The fraction of sp³-hybridized carbons (Fsp3) is 0.158. The van der Waals surface area contributed by atoms with E-state index < -0.39 is 5.91 Å². The van der Waals surface area contributed by atoms with E-state index in [0.29, 0.717) is 17.3 Å². The van der Waals surface area contributed by atoms with Gasteiger partial charge < -0.3 is 10.6 Å². The minimum Gasteiger partial charge on any atom is -0.389 e. The zero-order valence-electron chi connectivity index (χ0n) is 13.3. The van der Waals surface area contributed by atoms with Crippen LogP contribution in [0.1, 0.15) is 11.1 Å². The van der Waals surface area contributed by atoms with E-state index in [1.807, 2.05) is 13.0 Å². The highest BCUT2D eigenvalue weighted by Crippen LogP contribution is 2.20. The van der Waals surface area contributed by atoms with Crippen molar-refractivity contribution in [1.29, 1.82) is 5.26 Å². The van der Waals surface area contributed by atoms with Crippen LogP contribution in [-0.4, -0.2) is 12.5 Å². The number of benzene rings is 2. The highest BCUT2D eigenvalue weighted by atomic mass is 35.5. The first-order chi connectivity index (χ1) is 11.6. The number of rotatable bonds is 6. The molecule has 0 aliphatic rings. The van der Waals surface area contributed by atoms with Gasteiger partial charge in [0.15, 0.2) is 0 Å². The van der Waals surface area contributed by atoms with Crippen LogP contribution in [0.4, 0.5) is 5.69 Å². The summed E-state index contributed by atoms with van der Waals surface area (Å²) in [5, 5.41) is 15.2. The lowest BCUT2D eigenvalue weighted by molar-refractivity contribution is -0.112. The van der Waals surface area contributed by atoms with Gasteiger partial charge in [-0.15, -0.1) is 0 Å². The lowest BCUT2D eigenvalue weighted by Gasteiger charge is -2.07. The first kappa shape index (κ1) is 17.6. The summed E-state index contributed by atoms with van der Waals surface area (Å²) in [5.41, 5.74) is 2.89. The summed E-state index contributed by atoms with van der Waals surface area (Å²) in [6, 6.07) is 17.0. The summed E-state index contributed by atoms with van der Waals surface area (Å²) in [5.74, 6) is -0.492. The second-order valence-corrected chi connectivity index (χ2v) is 5.70. The molecular weight excluding hydrogens is 322 g/mol. The number of aryl methyl sites for hydroxylation is 1. The van der Waals surface area contributed by atoms with Crippen molar-refractivity contribution >= 4 is 23.2 Å². The standard InChI is InChI=1S/C19H18ClN3O/c1-14-6-8-15(9-7-14)10-11-22-13-16(12-21)19(24)23-18-5-3-2-4-17(18)20/h2-9,13,22H,10-11H2,1H3,(H,23,24)/b16-13-. The zero-order valence-corrected chi connectivity index (χ0v) is 14.1. The molecule has 0 heterocycles. The summed E-state index contributed by atoms with van der Waals surface area (Å²) < 4.78 is 0. The minimum atomic E-state index is -0.492. The molecule has 4 nitrogen and oxygen atoms in total. The Labute approximate surface area is 146 Å². The number of carbonyl (C=O) groups excluding carboxylic acids is 1. The quantitative estimate of drug-likeness (QED) is 0.477. The molecule has 2 aromatic rings. The predicted molar refractivity (Wildman–Crippen MR) is 96.7 cm³/mol. The molecule has 2 aromatic carbocycles. The smallest absolute Gasteiger partial charge is 0.267 e. The Morgan fingerprint density at radius 1 is 1.21 bits per heavy atom. The molecule has 0 fully saturated rings. The Morgan fingerprint density at radius 2 is 1.92 bits per heavy atom. The number of nitrogens with zero attached hydrogens (tertiary/aromatic N) is 1. The molecule has 24 heavy (non-hydrogen) atoms. The van der Waals surface area contributed by atoms with Gasteiger partial charge in [0.2, 0.25) is 0 Å². The third kappa shape index (κ3) is 5.15. The third-order valence-corrected chi connectivity index (χ3v) is 3.74. The lowest BCUT2D eigenvalue weighted by Crippen LogP contribution is -2.18. The van der Waals surface area contributed by atoms with Crippen LogP contribution < -0.4 is 10.6 Å². The molecule has 5 heteroatoms. The van der Waals surface area contributed by atoms with Crippen LogP contribution in [0.15, 0.2) is 60.3 Å². The number of nitriles is 1. The first-order valence-corrected chi connectivity index (χ1v) is 7.93. The van der Waals surface area contributed by atoms with E-state index in [4.69, 9.17) is 16.9 Å². The topological polar surface area (TPSA) is 64.9 Å². The highest BCUT2D eigenvalue weighted by molar-refractivity contribution is 6.33. The lowest BCUT2D eigenvalue weighted by atomic mass is 10.1. The number of amides is 1. The Hall–Kier alpha value is -2.77. The molecule has 0 bridgehead atoms. The number of halogens is 1. The van der Waals surface area contributed by atoms with Crippen LogP contribution in [-0.2, 0) is 11.2 Å². The predicted octanol–water partition coefficient (Wildman–Crippen LogP) is 3.83. The number of para-hydroxylation sites is 1. The molecular formula is C19H18ClN3O. The number of nitrogens with one attached hydrogen (secondary N) is 2. The Kier molecular flexibility index (Phi) is 6.41. The summed E-state index contributed by atoms with van der Waals surface area (Å²) in [7, 11) is 0. The molecule has 2 N–H and O–H groups in total. The van der Waals surface area contributed by atoms with Crippen LogP contribution in [0.2, 0.25) is 5.02 Å². The van der Waals surface area contributed by atoms with Crippen LogP contribution in [0.3, 0.4) is 0 Å². The van der Waals surface area contributed by atoms with Crippen molar-refractivity contribution < 1.29 is 4.79 Å². The number of hydrogen-bond donors (Lipinski definition) is 2. The van der Waals surface area contributed by atoms with Crippen molar-refractivity contribution in [2.24, 2.45) is 0 Å². The van der Waals surface area contributed by atoms with E-state index in [1.54, 1.807) is 24.3 Å². The number of carbonyl (C=O) groups is 1. The molecule has 0 aliphatic carbocycles. The zero-order chi connectivity index (χ0) is 17.4. The first-order valence-electron chi connectivity index (χ1n) is 7.55. The van der Waals surface area contributed by atoms with Crippen molar-refractivity contribution in [3.05, 3.63) is 76.5 Å². The summed E-state index contributed by atoms with van der Waals surface area (Å²) in [4.78, 5) is 12.1. The molecule has 0 aliphatic heterocycles. The molecule has 0 spiro atoms. The fourth-order valence-corrected chi connectivity index (χ4v) is 2.23. The Balaban J connectivity index is 1.89. The molecule has 2 rings (SSSR count). The number of anilines is 1. The van der Waals surface area contributed by atoms with Crippen molar-refractivity contribution in [2.75, 3.05) is 11.9 Å². The van der Waals surface area contributed by atoms with Crippen LogP contribution in [0.25, 0.3) is 0 Å². The Morgan fingerprint density at radius 3 is 2.58 bits per heavy atom. The molecule has 0 unspecified atom stereocenters. The van der Waals surface area contributed by atoms with Gasteiger partial charge in [0, 0.05) is 12.7 Å². The van der Waals surface area contributed by atoms with Crippen molar-refractivity contribution in [1.82, 2.24) is 5.32 Å². The van der Waals surface area contributed by atoms with E-state index in [0.717, 1.165) is 6.42 Å². The maximum atomic E-state index is 12.1. The van der Waals surface area contributed by atoms with E-state index in [9.17, 15) is 4.79 Å². The van der Waals surface area contributed by atoms with Gasteiger partial charge in [-0.2, -0.15) is 5.26 Å². The average molecular weight is 340 g/mol. The van der Waals surface area contributed by atoms with E-state index >= 15 is 0 Å². The summed E-state index contributed by atoms with van der Waals surface area (Å²) in [6.07, 6.45) is 2.24. The van der Waals surface area contributed by atoms with E-state index in [-0.39, 0.29) is 5.57 Å². The maximum absolute atomic E-state index is 12.1. The van der Waals surface area contributed by atoms with E-state index in [1.165, 1.54) is 17.3 Å². The van der Waals surface area contributed by atoms with Gasteiger partial charge in [0.1, 0.15) is 11.6 Å². The van der Waals surface area contributed by atoms with Crippen molar-refractivity contribution in [3.63, 3.8) is 0 Å². The molecule has 1 amide bonds. The van der Waals surface area contributed by atoms with Crippen LogP contribution in [0.5, 0.6) is 0 Å². The highest BCUT2D eigenvalue weighted by Gasteiger charge is 2.10. The van der Waals surface area contributed by atoms with Gasteiger partial charge in [0.25, 0.3) is 5.91 Å². The normalized spacial score (nSPS) is 10.8. The molecule has 122 valence electrons. The van der Waals surface area contributed by atoms with Gasteiger partial charge in [-0.05, 0) is 31.0 Å². The molecule has 0 atom stereocenters. The monoisotopic (exact) mass is 339 g/mol. The van der Waals surface area contributed by atoms with Gasteiger partial charge in [-0.1, -0.05) is 53.6 Å². The van der Waals surface area contributed by atoms with E-state index in [2.05, 4.69) is 34.9 Å². The van der Waals surface area contributed by atoms with Gasteiger partial charge in [-0.25, -0.2) is 0 Å². The van der Waals surface area contributed by atoms with Gasteiger partial charge >= 0.3 is 0 Å². The van der Waals surface area contributed by atoms with Crippen LogP contribution in [0, 0.1) is 18.3 Å². The largest absolute Gasteiger partial charge is 0.389 e. The second-order valence-electron chi connectivity index (χ2n) is 5.29. The third-order valence-electron chi connectivity index (χ3n) is 3.41. The fourth-order valence-electron chi connectivity index (χ4n) is 2.05. The number of hydrogen-bond acceptors (Lipinski definition) is 3.